The number of allylic oxidation sites excluding steroid dienone is 24. The van der Waals surface area contributed by atoms with Crippen LogP contribution in [-0.4, -0.2) is 37.2 Å². The van der Waals surface area contributed by atoms with E-state index >= 15 is 0 Å². The molecule has 6 nitrogen and oxygen atoms in total. The molecule has 0 aromatic heterocycles. The van der Waals surface area contributed by atoms with Gasteiger partial charge in [-0.2, -0.15) is 0 Å². The molecule has 0 aliphatic rings. The van der Waals surface area contributed by atoms with Gasteiger partial charge in [-0.3, -0.25) is 14.4 Å². The van der Waals surface area contributed by atoms with Gasteiger partial charge in [0.2, 0.25) is 0 Å². The zero-order valence-electron chi connectivity index (χ0n) is 45.4. The van der Waals surface area contributed by atoms with E-state index in [1.165, 1.54) is 25.7 Å². The van der Waals surface area contributed by atoms with Crippen molar-refractivity contribution in [3.8, 4) is 0 Å². The Balaban J connectivity index is 4.57. The number of carbonyl (C=O) groups is 3. The maximum atomic E-state index is 12.9. The van der Waals surface area contributed by atoms with E-state index in [9.17, 15) is 14.4 Å². The molecule has 0 saturated heterocycles. The van der Waals surface area contributed by atoms with Crippen LogP contribution in [0.2, 0.25) is 0 Å². The lowest BCUT2D eigenvalue weighted by atomic mass is 10.1. The van der Waals surface area contributed by atoms with Crippen LogP contribution in [0.3, 0.4) is 0 Å². The Morgan fingerprint density at radius 2 is 0.549 bits per heavy atom. The molecule has 0 amide bonds. The van der Waals surface area contributed by atoms with E-state index in [0.29, 0.717) is 19.3 Å². The summed E-state index contributed by atoms with van der Waals surface area (Å²) in [5, 5.41) is 0. The fourth-order valence-corrected chi connectivity index (χ4v) is 7.11. The molecule has 71 heavy (non-hydrogen) atoms. The lowest BCUT2D eigenvalue weighted by Gasteiger charge is -2.18. The minimum absolute atomic E-state index is 0.117. The van der Waals surface area contributed by atoms with Gasteiger partial charge in [-0.25, -0.2) is 0 Å². The molecular weight excluding hydrogens is 877 g/mol. The number of rotatable bonds is 49. The van der Waals surface area contributed by atoms with Gasteiger partial charge >= 0.3 is 17.9 Å². The first-order chi connectivity index (χ1) is 35.0. The van der Waals surface area contributed by atoms with Crippen LogP contribution in [0, 0.1) is 0 Å². The van der Waals surface area contributed by atoms with E-state index < -0.39 is 6.10 Å². The first-order valence-electron chi connectivity index (χ1n) is 28.3. The summed E-state index contributed by atoms with van der Waals surface area (Å²) in [7, 11) is 0. The zero-order chi connectivity index (χ0) is 51.4. The minimum Gasteiger partial charge on any atom is -0.462 e. The van der Waals surface area contributed by atoms with E-state index in [0.717, 1.165) is 154 Å². The van der Waals surface area contributed by atoms with Crippen LogP contribution in [0.1, 0.15) is 226 Å². The normalized spacial score (nSPS) is 13.2. The molecule has 0 unspecified atom stereocenters. The molecule has 6 heteroatoms. The average molecular weight is 980 g/mol. The molecule has 0 radical (unpaired) electrons. The summed E-state index contributed by atoms with van der Waals surface area (Å²) < 4.78 is 16.8. The molecule has 398 valence electrons. The third-order valence-electron chi connectivity index (χ3n) is 11.3. The molecule has 0 rings (SSSR count). The predicted molar refractivity (Wildman–Crippen MR) is 306 cm³/mol. The number of ether oxygens (including phenoxy) is 3. The Morgan fingerprint density at radius 1 is 0.296 bits per heavy atom. The van der Waals surface area contributed by atoms with Crippen LogP contribution in [-0.2, 0) is 28.6 Å². The van der Waals surface area contributed by atoms with Crippen molar-refractivity contribution in [2.45, 2.75) is 232 Å². The highest BCUT2D eigenvalue weighted by atomic mass is 16.6. The maximum absolute atomic E-state index is 12.9. The third-order valence-corrected chi connectivity index (χ3v) is 11.3. The molecule has 0 aliphatic carbocycles. The molecule has 0 aromatic rings. The fraction of sp³-hybridized carbons (Fsp3) is 0.585. The van der Waals surface area contributed by atoms with Crippen molar-refractivity contribution in [1.82, 2.24) is 0 Å². The lowest BCUT2D eigenvalue weighted by molar-refractivity contribution is -0.167. The van der Waals surface area contributed by atoms with Gasteiger partial charge in [0.25, 0.3) is 0 Å². The van der Waals surface area contributed by atoms with E-state index in [1.807, 2.05) is 0 Å². The quantitative estimate of drug-likeness (QED) is 0.0262. The highest BCUT2D eigenvalue weighted by Crippen LogP contribution is 2.12. The van der Waals surface area contributed by atoms with E-state index in [-0.39, 0.29) is 37.5 Å². The van der Waals surface area contributed by atoms with E-state index in [4.69, 9.17) is 14.2 Å². The zero-order valence-corrected chi connectivity index (χ0v) is 45.4. The van der Waals surface area contributed by atoms with Crippen LogP contribution < -0.4 is 0 Å². The highest BCUT2D eigenvalue weighted by molar-refractivity contribution is 5.71. The third kappa shape index (κ3) is 56.1. The Kier molecular flexibility index (Phi) is 54.0. The largest absolute Gasteiger partial charge is 0.462 e. The van der Waals surface area contributed by atoms with Gasteiger partial charge in [0.1, 0.15) is 13.2 Å². The average Bonchev–Trinajstić information content (AvgIpc) is 3.37. The van der Waals surface area contributed by atoms with Gasteiger partial charge in [0.15, 0.2) is 6.10 Å². The van der Waals surface area contributed by atoms with Crippen molar-refractivity contribution in [2.24, 2.45) is 0 Å². The van der Waals surface area contributed by atoms with Gasteiger partial charge in [-0.05, 0) is 141 Å². The first-order valence-corrected chi connectivity index (χ1v) is 28.3. The molecule has 0 saturated carbocycles. The van der Waals surface area contributed by atoms with Crippen LogP contribution in [0.4, 0.5) is 0 Å². The van der Waals surface area contributed by atoms with Crippen LogP contribution >= 0.6 is 0 Å². The second-order valence-corrected chi connectivity index (χ2v) is 18.1. The first kappa shape index (κ1) is 66.3. The van der Waals surface area contributed by atoms with Gasteiger partial charge in [0.05, 0.1) is 0 Å². The Morgan fingerprint density at radius 3 is 0.873 bits per heavy atom. The maximum Gasteiger partial charge on any atom is 0.306 e. The summed E-state index contributed by atoms with van der Waals surface area (Å²) in [5.41, 5.74) is 0. The number of esters is 3. The summed E-state index contributed by atoms with van der Waals surface area (Å²) in [4.78, 5) is 38.2. The van der Waals surface area contributed by atoms with Crippen LogP contribution in [0.15, 0.2) is 146 Å². The molecule has 0 spiro atoms. The molecule has 0 aromatic carbocycles. The second kappa shape index (κ2) is 57.9. The SMILES string of the molecule is CC/C=C\C/C=C\C/C=C\C/C=C\C/C=C\CCCCCC(=O)O[C@@H](COC(=O)CCCCC/C=C\C/C=C\C/C=C\C/C=C\CCCCC)COC(=O)CCCCCCC/C=C\C/C=C\C/C=C\CC. The predicted octanol–water partition coefficient (Wildman–Crippen LogP) is 19.2. The summed E-state index contributed by atoms with van der Waals surface area (Å²) in [6, 6.07) is 0. The fourth-order valence-electron chi connectivity index (χ4n) is 7.11. The Bertz CT molecular complexity index is 1590. The van der Waals surface area contributed by atoms with Crippen LogP contribution in [0.5, 0.6) is 0 Å². The Labute approximate surface area is 436 Å². The standard InChI is InChI=1S/C65H102O6/c1-4-7-10-13-16-19-22-25-28-30-32-34-37-40-43-46-49-52-55-58-64(67)70-61-62(60-69-63(66)57-54-51-48-45-42-39-36-27-24-21-18-15-12-9-6-3)71-65(68)59-56-53-50-47-44-41-38-35-33-31-29-26-23-20-17-14-11-8-5-2/h8-9,11-12,16-21,25-29,32-36,40-41,43-44,62H,4-7,10,13-15,22-24,30-31,37-39,42,45-61H2,1-3H3/b11-8-,12-9-,19-16-,20-17-,21-18-,28-25-,29-26-,34-32-,35-33-,36-27-,43-40-,44-41-/t62-/m1/s1. The van der Waals surface area contributed by atoms with Gasteiger partial charge in [0, 0.05) is 19.3 Å². The van der Waals surface area contributed by atoms with Crippen LogP contribution in [0.25, 0.3) is 0 Å². The number of unbranched alkanes of at least 4 members (excludes halogenated alkanes) is 14. The van der Waals surface area contributed by atoms with Crippen molar-refractivity contribution in [3.63, 3.8) is 0 Å². The summed E-state index contributed by atoms with van der Waals surface area (Å²) in [5.74, 6) is -1.00. The topological polar surface area (TPSA) is 78.9 Å². The van der Waals surface area contributed by atoms with Gasteiger partial charge in [-0.15, -0.1) is 0 Å². The van der Waals surface area contributed by atoms with E-state index in [2.05, 4.69) is 167 Å². The summed E-state index contributed by atoms with van der Waals surface area (Å²) in [6.45, 7) is 6.30. The van der Waals surface area contributed by atoms with Crippen molar-refractivity contribution in [2.75, 3.05) is 13.2 Å². The van der Waals surface area contributed by atoms with Gasteiger partial charge < -0.3 is 14.2 Å². The van der Waals surface area contributed by atoms with E-state index in [1.54, 1.807) is 0 Å². The molecule has 1 atom stereocenters. The lowest BCUT2D eigenvalue weighted by Crippen LogP contribution is -2.30. The molecule has 0 fully saturated rings. The van der Waals surface area contributed by atoms with Crippen molar-refractivity contribution >= 4 is 17.9 Å². The smallest absolute Gasteiger partial charge is 0.306 e. The number of hydrogen-bond acceptors (Lipinski definition) is 6. The summed E-state index contributed by atoms with van der Waals surface area (Å²) >= 11 is 0. The Hall–Kier alpha value is -4.71. The number of carbonyl (C=O) groups excluding carboxylic acids is 3. The van der Waals surface area contributed by atoms with Crippen molar-refractivity contribution < 1.29 is 28.6 Å². The molecule has 0 N–H and O–H groups in total. The highest BCUT2D eigenvalue weighted by Gasteiger charge is 2.19. The minimum atomic E-state index is -0.824. The second-order valence-electron chi connectivity index (χ2n) is 18.1. The summed E-state index contributed by atoms with van der Waals surface area (Å²) in [6.07, 6.45) is 82.6. The van der Waals surface area contributed by atoms with Crippen molar-refractivity contribution in [3.05, 3.63) is 146 Å². The number of hydrogen-bond donors (Lipinski definition) is 0. The molecule has 0 heterocycles. The van der Waals surface area contributed by atoms with Gasteiger partial charge in [-0.1, -0.05) is 212 Å². The molecule has 0 bridgehead atoms. The molecular formula is C65H102O6. The monoisotopic (exact) mass is 979 g/mol. The van der Waals surface area contributed by atoms with Crippen molar-refractivity contribution in [1.29, 1.82) is 0 Å². The molecule has 0 aliphatic heterocycles.